The van der Waals surface area contributed by atoms with Crippen molar-refractivity contribution in [2.75, 3.05) is 36.8 Å². The van der Waals surface area contributed by atoms with Crippen LogP contribution in [0.3, 0.4) is 0 Å². The first-order valence-corrected chi connectivity index (χ1v) is 7.74. The van der Waals surface area contributed by atoms with Gasteiger partial charge in [0, 0.05) is 51.3 Å². The highest BCUT2D eigenvalue weighted by molar-refractivity contribution is 6.33. The van der Waals surface area contributed by atoms with Crippen molar-refractivity contribution in [3.05, 3.63) is 45.6 Å². The Bertz CT molecular complexity index is 735. The standard InChI is InChI=1S/C14H16ClN7O2/c15-11-8-19-14(16)13(22(23)24)12(11)21-5-3-20(4-6-21)9-10-7-17-1-2-18-10/h1-2,7-8H,3-6,9H2,(H2,16,19). The van der Waals surface area contributed by atoms with E-state index >= 15 is 0 Å². The number of anilines is 2. The summed E-state index contributed by atoms with van der Waals surface area (Å²) in [5.41, 5.74) is 6.66. The normalized spacial score (nSPS) is 15.5. The van der Waals surface area contributed by atoms with Gasteiger partial charge in [-0.2, -0.15) is 0 Å². The average molecular weight is 350 g/mol. The molecule has 1 fully saturated rings. The Morgan fingerprint density at radius 3 is 2.58 bits per heavy atom. The molecule has 126 valence electrons. The van der Waals surface area contributed by atoms with Crippen LogP contribution in [0.4, 0.5) is 17.2 Å². The van der Waals surface area contributed by atoms with E-state index in [2.05, 4.69) is 19.9 Å². The van der Waals surface area contributed by atoms with Crippen molar-refractivity contribution in [3.8, 4) is 0 Å². The number of hydrogen-bond acceptors (Lipinski definition) is 8. The smallest absolute Gasteiger partial charge is 0.335 e. The Morgan fingerprint density at radius 2 is 1.96 bits per heavy atom. The summed E-state index contributed by atoms with van der Waals surface area (Å²) in [4.78, 5) is 27.0. The van der Waals surface area contributed by atoms with E-state index in [1.807, 2.05) is 4.90 Å². The van der Waals surface area contributed by atoms with Crippen molar-refractivity contribution in [1.29, 1.82) is 0 Å². The van der Waals surface area contributed by atoms with E-state index in [1.165, 1.54) is 6.20 Å². The van der Waals surface area contributed by atoms with Crippen LogP contribution in [0.1, 0.15) is 5.69 Å². The number of nitrogens with two attached hydrogens (primary N) is 1. The van der Waals surface area contributed by atoms with E-state index in [4.69, 9.17) is 17.3 Å². The molecular weight excluding hydrogens is 334 g/mol. The van der Waals surface area contributed by atoms with E-state index in [9.17, 15) is 10.1 Å². The van der Waals surface area contributed by atoms with E-state index in [-0.39, 0.29) is 16.5 Å². The highest BCUT2D eigenvalue weighted by Crippen LogP contribution is 2.38. The number of nitrogen functional groups attached to an aromatic ring is 1. The summed E-state index contributed by atoms with van der Waals surface area (Å²) < 4.78 is 0. The van der Waals surface area contributed by atoms with Crippen molar-refractivity contribution < 1.29 is 4.92 Å². The molecular formula is C14H16ClN7O2. The molecule has 0 unspecified atom stereocenters. The Morgan fingerprint density at radius 1 is 1.21 bits per heavy atom. The topological polar surface area (TPSA) is 114 Å². The third-order valence-electron chi connectivity index (χ3n) is 3.88. The summed E-state index contributed by atoms with van der Waals surface area (Å²) in [6, 6.07) is 0. The van der Waals surface area contributed by atoms with Gasteiger partial charge in [-0.1, -0.05) is 11.6 Å². The summed E-state index contributed by atoms with van der Waals surface area (Å²) >= 11 is 6.15. The third kappa shape index (κ3) is 3.36. The number of pyridine rings is 1. The predicted octanol–water partition coefficient (Wildman–Crippen LogP) is 1.34. The zero-order chi connectivity index (χ0) is 17.1. The quantitative estimate of drug-likeness (QED) is 0.649. The summed E-state index contributed by atoms with van der Waals surface area (Å²) in [5.74, 6) is -0.124. The van der Waals surface area contributed by atoms with Crippen LogP contribution in [-0.4, -0.2) is 51.0 Å². The highest BCUT2D eigenvalue weighted by Gasteiger charge is 2.29. The molecule has 1 saturated heterocycles. The zero-order valence-electron chi connectivity index (χ0n) is 12.8. The van der Waals surface area contributed by atoms with Crippen LogP contribution in [0.25, 0.3) is 0 Å². The van der Waals surface area contributed by atoms with Gasteiger partial charge >= 0.3 is 5.69 Å². The molecule has 2 N–H and O–H groups in total. The summed E-state index contributed by atoms with van der Waals surface area (Å²) in [6.45, 7) is 3.35. The zero-order valence-corrected chi connectivity index (χ0v) is 13.6. The fraction of sp³-hybridized carbons (Fsp3) is 0.357. The number of nitrogens with zero attached hydrogens (tertiary/aromatic N) is 6. The number of halogens is 1. The lowest BCUT2D eigenvalue weighted by Gasteiger charge is -2.35. The van der Waals surface area contributed by atoms with Gasteiger partial charge in [-0.05, 0) is 0 Å². The van der Waals surface area contributed by atoms with Gasteiger partial charge in [0.15, 0.2) is 0 Å². The lowest BCUT2D eigenvalue weighted by Crippen LogP contribution is -2.46. The van der Waals surface area contributed by atoms with Crippen LogP contribution in [-0.2, 0) is 6.54 Å². The first kappa shape index (κ1) is 16.3. The number of rotatable bonds is 4. The molecule has 3 heterocycles. The number of nitro groups is 1. The second kappa shape index (κ2) is 6.93. The van der Waals surface area contributed by atoms with Crippen LogP contribution >= 0.6 is 11.6 Å². The number of piperazine rings is 1. The van der Waals surface area contributed by atoms with E-state index in [1.54, 1.807) is 18.6 Å². The molecule has 0 amide bonds. The minimum atomic E-state index is -0.532. The van der Waals surface area contributed by atoms with Crippen molar-refractivity contribution in [3.63, 3.8) is 0 Å². The van der Waals surface area contributed by atoms with E-state index in [0.29, 0.717) is 25.3 Å². The molecule has 1 aliphatic heterocycles. The van der Waals surface area contributed by atoms with Crippen LogP contribution in [0.2, 0.25) is 5.02 Å². The van der Waals surface area contributed by atoms with Crippen molar-refractivity contribution in [1.82, 2.24) is 19.9 Å². The minimum absolute atomic E-state index is 0.124. The number of aromatic nitrogens is 3. The SMILES string of the molecule is Nc1ncc(Cl)c(N2CCN(Cc3cnccn3)CC2)c1[N+](=O)[O-]. The Hall–Kier alpha value is -2.52. The Kier molecular flexibility index (Phi) is 4.72. The van der Waals surface area contributed by atoms with Crippen LogP contribution < -0.4 is 10.6 Å². The maximum absolute atomic E-state index is 11.3. The lowest BCUT2D eigenvalue weighted by atomic mass is 10.2. The van der Waals surface area contributed by atoms with Gasteiger partial charge in [0.05, 0.1) is 21.8 Å². The summed E-state index contributed by atoms with van der Waals surface area (Å²) in [6.07, 6.45) is 6.38. The van der Waals surface area contributed by atoms with Gasteiger partial charge in [-0.25, -0.2) is 4.98 Å². The van der Waals surface area contributed by atoms with Crippen LogP contribution in [0, 0.1) is 10.1 Å². The van der Waals surface area contributed by atoms with Crippen molar-refractivity contribution in [2.24, 2.45) is 0 Å². The van der Waals surface area contributed by atoms with Gasteiger partial charge in [0.25, 0.3) is 0 Å². The predicted molar refractivity (Wildman–Crippen MR) is 89.8 cm³/mol. The molecule has 1 aliphatic rings. The van der Waals surface area contributed by atoms with Crippen LogP contribution in [0.5, 0.6) is 0 Å². The maximum atomic E-state index is 11.3. The molecule has 2 aromatic rings. The average Bonchev–Trinajstić information content (AvgIpc) is 2.58. The molecule has 0 aliphatic carbocycles. The molecule has 0 saturated carbocycles. The van der Waals surface area contributed by atoms with Gasteiger partial charge in [-0.3, -0.25) is 25.0 Å². The second-order valence-corrected chi connectivity index (χ2v) is 5.81. The second-order valence-electron chi connectivity index (χ2n) is 5.41. The molecule has 0 bridgehead atoms. The van der Waals surface area contributed by atoms with Crippen LogP contribution in [0.15, 0.2) is 24.8 Å². The summed E-state index contributed by atoms with van der Waals surface area (Å²) in [7, 11) is 0. The molecule has 9 nitrogen and oxygen atoms in total. The lowest BCUT2D eigenvalue weighted by molar-refractivity contribution is -0.383. The molecule has 0 atom stereocenters. The minimum Gasteiger partial charge on any atom is -0.378 e. The molecule has 3 rings (SSSR count). The largest absolute Gasteiger partial charge is 0.378 e. The van der Waals surface area contributed by atoms with Gasteiger partial charge in [0.2, 0.25) is 5.82 Å². The molecule has 24 heavy (non-hydrogen) atoms. The fourth-order valence-electron chi connectivity index (χ4n) is 2.73. The van der Waals surface area contributed by atoms with Gasteiger partial charge in [-0.15, -0.1) is 0 Å². The fourth-order valence-corrected chi connectivity index (χ4v) is 2.99. The van der Waals surface area contributed by atoms with E-state index in [0.717, 1.165) is 18.8 Å². The number of hydrogen-bond donors (Lipinski definition) is 1. The van der Waals surface area contributed by atoms with Gasteiger partial charge < -0.3 is 10.6 Å². The summed E-state index contributed by atoms with van der Waals surface area (Å²) in [5, 5.41) is 11.6. The molecule has 2 aromatic heterocycles. The Labute approximate surface area is 143 Å². The van der Waals surface area contributed by atoms with Gasteiger partial charge in [0.1, 0.15) is 5.69 Å². The third-order valence-corrected chi connectivity index (χ3v) is 4.16. The molecule has 0 spiro atoms. The molecule has 0 radical (unpaired) electrons. The molecule has 10 heteroatoms. The first-order valence-electron chi connectivity index (χ1n) is 7.37. The van der Waals surface area contributed by atoms with Crippen molar-refractivity contribution in [2.45, 2.75) is 6.54 Å². The molecule has 0 aromatic carbocycles. The highest BCUT2D eigenvalue weighted by atomic mass is 35.5. The monoisotopic (exact) mass is 349 g/mol. The van der Waals surface area contributed by atoms with E-state index < -0.39 is 4.92 Å². The first-order chi connectivity index (χ1) is 11.6. The van der Waals surface area contributed by atoms with Crippen molar-refractivity contribution >= 4 is 28.8 Å². The maximum Gasteiger partial charge on any atom is 0.335 e. The Balaban J connectivity index is 1.73.